The molecule has 3 aromatic rings. The fraction of sp³-hybridized carbons (Fsp3) is 0.265. The van der Waals surface area contributed by atoms with E-state index in [-0.39, 0.29) is 17.4 Å². The van der Waals surface area contributed by atoms with E-state index in [1.165, 1.54) is 0 Å². The Bertz CT molecular complexity index is 1550. The van der Waals surface area contributed by atoms with Gasteiger partial charge in [0.15, 0.2) is 11.5 Å². The number of para-hydroxylation sites is 1. The van der Waals surface area contributed by atoms with Crippen LogP contribution in [0.4, 0.5) is 10.5 Å². The number of carbonyl (C=O) groups excluding carboxylic acids is 3. The number of imide groups is 1. The number of benzene rings is 3. The minimum atomic E-state index is -0.477. The molecule has 10 heteroatoms. The molecule has 0 radical (unpaired) electrons. The Morgan fingerprint density at radius 2 is 1.73 bits per heavy atom. The highest BCUT2D eigenvalue weighted by Gasteiger charge is 2.37. The van der Waals surface area contributed by atoms with Gasteiger partial charge in [0, 0.05) is 41.9 Å². The largest absolute Gasteiger partial charge is 0.490 e. The van der Waals surface area contributed by atoms with Crippen LogP contribution in [0.2, 0.25) is 0 Å². The molecule has 228 valence electrons. The quantitative estimate of drug-likeness (QED) is 0.169. The van der Waals surface area contributed by atoms with Crippen molar-refractivity contribution in [2.75, 3.05) is 44.2 Å². The van der Waals surface area contributed by atoms with Crippen LogP contribution >= 0.6 is 27.7 Å². The molecule has 3 aromatic carbocycles. The van der Waals surface area contributed by atoms with Crippen molar-refractivity contribution in [2.45, 2.75) is 20.0 Å². The minimum Gasteiger partial charge on any atom is -0.490 e. The number of piperazine rings is 1. The number of thioether (sulfide) groups is 1. The highest BCUT2D eigenvalue weighted by molar-refractivity contribution is 9.10. The fourth-order valence-corrected chi connectivity index (χ4v) is 6.22. The zero-order chi connectivity index (χ0) is 31.1. The van der Waals surface area contributed by atoms with Crippen LogP contribution in [0.1, 0.15) is 23.6 Å². The molecular weight excluding hydrogens is 642 g/mol. The molecule has 0 spiro atoms. The van der Waals surface area contributed by atoms with Crippen LogP contribution in [0.3, 0.4) is 0 Å². The summed E-state index contributed by atoms with van der Waals surface area (Å²) in [6.45, 7) is 8.71. The summed E-state index contributed by atoms with van der Waals surface area (Å²) in [6.07, 6.45) is 3.97. The zero-order valence-electron chi connectivity index (χ0n) is 24.5. The molecule has 3 amide bonds. The first-order chi connectivity index (χ1) is 21.4. The number of ether oxygens (including phenoxy) is 2. The van der Waals surface area contributed by atoms with Gasteiger partial charge in [0.25, 0.3) is 11.1 Å². The topological polar surface area (TPSA) is 79.4 Å². The van der Waals surface area contributed by atoms with Crippen molar-refractivity contribution < 1.29 is 23.9 Å². The third-order valence-corrected chi connectivity index (χ3v) is 8.77. The molecular formula is C34H34BrN3O5S. The van der Waals surface area contributed by atoms with E-state index >= 15 is 0 Å². The molecule has 2 saturated heterocycles. The lowest BCUT2D eigenvalue weighted by Crippen LogP contribution is -2.51. The number of rotatable bonds is 11. The molecule has 0 bridgehead atoms. The Kier molecular flexibility index (Phi) is 10.4. The van der Waals surface area contributed by atoms with Crippen molar-refractivity contribution in [2.24, 2.45) is 0 Å². The van der Waals surface area contributed by atoms with Gasteiger partial charge in [0.05, 0.1) is 11.5 Å². The molecule has 0 atom stereocenters. The number of hydrogen-bond acceptors (Lipinski definition) is 7. The Hall–Kier alpha value is -4.02. The smallest absolute Gasteiger partial charge is 0.294 e. The van der Waals surface area contributed by atoms with Crippen LogP contribution in [0, 0.1) is 0 Å². The fourth-order valence-electron chi connectivity index (χ4n) is 5.11. The standard InChI is InChI=1S/C34H34BrN3O5S/c1-3-8-26-19-25(20-29(42-4-2)32(26)43-23-24-11-13-27(35)14-12-24)21-30-33(40)38(34(41)44-30)22-31(39)37-17-15-36(16-18-37)28-9-6-5-7-10-28/h3,5-7,9-14,19-21H,1,4,8,15-18,22-23H2,2H3/b30-21+. The first-order valence-corrected chi connectivity index (χ1v) is 16.1. The van der Waals surface area contributed by atoms with Gasteiger partial charge < -0.3 is 19.3 Å². The van der Waals surface area contributed by atoms with Crippen LogP contribution in [0.15, 0.2) is 88.8 Å². The number of allylic oxidation sites excluding steroid dienone is 1. The van der Waals surface area contributed by atoms with E-state index in [0.29, 0.717) is 62.9 Å². The summed E-state index contributed by atoms with van der Waals surface area (Å²) >= 11 is 4.29. The van der Waals surface area contributed by atoms with Gasteiger partial charge in [-0.1, -0.05) is 52.3 Å². The number of nitrogens with zero attached hydrogens (tertiary/aromatic N) is 3. The van der Waals surface area contributed by atoms with Crippen LogP contribution < -0.4 is 14.4 Å². The second-order valence-corrected chi connectivity index (χ2v) is 12.2. The third-order valence-electron chi connectivity index (χ3n) is 7.33. The lowest BCUT2D eigenvalue weighted by molar-refractivity contribution is -0.136. The highest BCUT2D eigenvalue weighted by atomic mass is 79.9. The number of hydrogen-bond donors (Lipinski definition) is 0. The summed E-state index contributed by atoms with van der Waals surface area (Å²) in [7, 11) is 0. The summed E-state index contributed by atoms with van der Waals surface area (Å²) in [5.41, 5.74) is 3.66. The maximum atomic E-state index is 13.3. The predicted molar refractivity (Wildman–Crippen MR) is 178 cm³/mol. The number of anilines is 1. The van der Waals surface area contributed by atoms with Gasteiger partial charge in [-0.05, 0) is 78.7 Å². The Labute approximate surface area is 270 Å². The van der Waals surface area contributed by atoms with Gasteiger partial charge in [0.2, 0.25) is 5.91 Å². The molecule has 2 aliphatic heterocycles. The minimum absolute atomic E-state index is 0.236. The summed E-state index contributed by atoms with van der Waals surface area (Å²) in [6, 6.07) is 21.7. The number of halogens is 1. The second kappa shape index (κ2) is 14.6. The van der Waals surface area contributed by atoms with E-state index < -0.39 is 11.1 Å². The van der Waals surface area contributed by atoms with E-state index in [1.54, 1.807) is 23.1 Å². The predicted octanol–water partition coefficient (Wildman–Crippen LogP) is 6.54. The van der Waals surface area contributed by atoms with Gasteiger partial charge in [-0.3, -0.25) is 19.3 Å². The zero-order valence-corrected chi connectivity index (χ0v) is 26.9. The summed E-state index contributed by atoms with van der Waals surface area (Å²) in [4.78, 5) is 44.5. The SMILES string of the molecule is C=CCc1cc(/C=C2/SC(=O)N(CC(=O)N3CCN(c4ccccc4)CC3)C2=O)cc(OCC)c1OCc1ccc(Br)cc1. The third kappa shape index (κ3) is 7.54. The molecule has 0 aromatic heterocycles. The molecule has 0 aliphatic carbocycles. The number of amides is 3. The average Bonchev–Trinajstić information content (AvgIpc) is 3.29. The molecule has 2 fully saturated rings. The summed E-state index contributed by atoms with van der Waals surface area (Å²) in [5.74, 6) is 0.438. The van der Waals surface area contributed by atoms with E-state index in [9.17, 15) is 14.4 Å². The lowest BCUT2D eigenvalue weighted by atomic mass is 10.0. The van der Waals surface area contributed by atoms with Crippen molar-refractivity contribution in [3.63, 3.8) is 0 Å². The van der Waals surface area contributed by atoms with Gasteiger partial charge in [-0.15, -0.1) is 6.58 Å². The Morgan fingerprint density at radius 1 is 1.00 bits per heavy atom. The van der Waals surface area contributed by atoms with Gasteiger partial charge >= 0.3 is 0 Å². The molecule has 2 heterocycles. The first kappa shape index (κ1) is 31.4. The van der Waals surface area contributed by atoms with Crippen LogP contribution in [-0.4, -0.2) is 66.2 Å². The van der Waals surface area contributed by atoms with E-state index in [0.717, 1.165) is 37.9 Å². The lowest BCUT2D eigenvalue weighted by Gasteiger charge is -2.36. The van der Waals surface area contributed by atoms with Crippen molar-refractivity contribution in [3.8, 4) is 11.5 Å². The first-order valence-electron chi connectivity index (χ1n) is 14.5. The summed E-state index contributed by atoms with van der Waals surface area (Å²) < 4.78 is 13.2. The normalized spacial score (nSPS) is 16.0. The van der Waals surface area contributed by atoms with E-state index in [2.05, 4.69) is 27.4 Å². The van der Waals surface area contributed by atoms with Crippen LogP contribution in [-0.2, 0) is 22.6 Å². The van der Waals surface area contributed by atoms with Crippen molar-refractivity contribution in [1.82, 2.24) is 9.80 Å². The maximum absolute atomic E-state index is 13.3. The van der Waals surface area contributed by atoms with E-state index in [1.807, 2.05) is 67.6 Å². The summed E-state index contributed by atoms with van der Waals surface area (Å²) in [5, 5.41) is -0.455. The Morgan fingerprint density at radius 3 is 2.41 bits per heavy atom. The molecule has 0 N–H and O–H groups in total. The van der Waals surface area contributed by atoms with Crippen molar-refractivity contribution in [1.29, 1.82) is 0 Å². The average molecular weight is 677 g/mol. The monoisotopic (exact) mass is 675 g/mol. The van der Waals surface area contributed by atoms with Crippen molar-refractivity contribution >= 4 is 56.5 Å². The van der Waals surface area contributed by atoms with Gasteiger partial charge in [-0.25, -0.2) is 0 Å². The molecule has 44 heavy (non-hydrogen) atoms. The molecule has 2 aliphatic rings. The highest BCUT2D eigenvalue weighted by Crippen LogP contribution is 2.38. The molecule has 0 unspecified atom stereocenters. The number of carbonyl (C=O) groups is 3. The molecule has 5 rings (SSSR count). The Balaban J connectivity index is 1.28. The molecule has 8 nitrogen and oxygen atoms in total. The molecule has 0 saturated carbocycles. The van der Waals surface area contributed by atoms with Crippen molar-refractivity contribution in [3.05, 3.63) is 105 Å². The van der Waals surface area contributed by atoms with Gasteiger partial charge in [-0.2, -0.15) is 0 Å². The van der Waals surface area contributed by atoms with E-state index in [4.69, 9.17) is 9.47 Å². The maximum Gasteiger partial charge on any atom is 0.294 e. The van der Waals surface area contributed by atoms with Crippen LogP contribution in [0.5, 0.6) is 11.5 Å². The van der Waals surface area contributed by atoms with Gasteiger partial charge in [0.1, 0.15) is 13.2 Å². The van der Waals surface area contributed by atoms with Crippen LogP contribution in [0.25, 0.3) is 6.08 Å². The second-order valence-electron chi connectivity index (χ2n) is 10.3.